The van der Waals surface area contributed by atoms with Crippen LogP contribution in [-0.4, -0.2) is 44.7 Å². The maximum atomic E-state index is 12.7. The number of amides is 1. The summed E-state index contributed by atoms with van der Waals surface area (Å²) in [7, 11) is 3.24. The molecular formula is C22H27N3O3. The summed E-state index contributed by atoms with van der Waals surface area (Å²) in [6.07, 6.45) is 0.884. The predicted octanol–water partition coefficient (Wildman–Crippen LogP) is 3.14. The number of nitrogens with one attached hydrogen (secondary N) is 1. The fourth-order valence-corrected chi connectivity index (χ4v) is 2.99. The molecule has 1 amide bonds. The van der Waals surface area contributed by atoms with Crippen molar-refractivity contribution in [3.05, 3.63) is 59.7 Å². The smallest absolute Gasteiger partial charge is 0.234 e. The van der Waals surface area contributed by atoms with E-state index >= 15 is 0 Å². The van der Waals surface area contributed by atoms with E-state index in [1.807, 2.05) is 60.4 Å². The second-order valence-electron chi connectivity index (χ2n) is 6.42. The van der Waals surface area contributed by atoms with Gasteiger partial charge in [-0.2, -0.15) is 5.26 Å². The molecule has 1 N–H and O–H groups in total. The summed E-state index contributed by atoms with van der Waals surface area (Å²) in [5, 5.41) is 12.1. The Kier molecular flexibility index (Phi) is 8.32. The van der Waals surface area contributed by atoms with Gasteiger partial charge in [-0.3, -0.25) is 9.69 Å². The summed E-state index contributed by atoms with van der Waals surface area (Å²) in [4.78, 5) is 14.5. The fraction of sp³-hybridized carbons (Fsp3) is 0.364. The molecule has 0 aliphatic rings. The van der Waals surface area contributed by atoms with Crippen molar-refractivity contribution in [1.82, 2.24) is 10.2 Å². The van der Waals surface area contributed by atoms with Crippen molar-refractivity contribution in [2.24, 2.45) is 0 Å². The van der Waals surface area contributed by atoms with E-state index in [1.54, 1.807) is 14.2 Å². The highest BCUT2D eigenvalue weighted by molar-refractivity contribution is 5.79. The molecular weight excluding hydrogens is 354 g/mol. The van der Waals surface area contributed by atoms with E-state index in [0.29, 0.717) is 6.54 Å². The van der Waals surface area contributed by atoms with E-state index in [1.165, 1.54) is 0 Å². The van der Waals surface area contributed by atoms with Crippen LogP contribution in [0.15, 0.2) is 48.5 Å². The van der Waals surface area contributed by atoms with Gasteiger partial charge < -0.3 is 14.8 Å². The molecule has 0 heterocycles. The standard InChI is InChI=1S/C22H27N3O3/c1-4-14-25(15-13-23)16-21(26)24-22(17-5-9-19(27-2)10-6-17)18-7-11-20(28-3)12-8-18/h5-12,22H,4,14-16H2,1-3H3,(H,24,26). The average Bonchev–Trinajstić information content (AvgIpc) is 2.72. The molecule has 0 aliphatic carbocycles. The highest BCUT2D eigenvalue weighted by Gasteiger charge is 2.19. The largest absolute Gasteiger partial charge is 0.497 e. The van der Waals surface area contributed by atoms with Crippen LogP contribution in [0.4, 0.5) is 0 Å². The van der Waals surface area contributed by atoms with Gasteiger partial charge in [-0.05, 0) is 48.4 Å². The number of hydrogen-bond donors (Lipinski definition) is 1. The van der Waals surface area contributed by atoms with Gasteiger partial charge in [0.2, 0.25) is 5.91 Å². The topological polar surface area (TPSA) is 74.6 Å². The van der Waals surface area contributed by atoms with Crippen LogP contribution >= 0.6 is 0 Å². The van der Waals surface area contributed by atoms with Gasteiger partial charge in [-0.1, -0.05) is 31.2 Å². The molecule has 28 heavy (non-hydrogen) atoms. The van der Waals surface area contributed by atoms with Crippen LogP contribution in [0.5, 0.6) is 11.5 Å². The normalized spacial score (nSPS) is 10.6. The number of nitriles is 1. The van der Waals surface area contributed by atoms with Crippen LogP contribution in [0.1, 0.15) is 30.5 Å². The minimum atomic E-state index is -0.310. The van der Waals surface area contributed by atoms with Crippen LogP contribution < -0.4 is 14.8 Å². The second-order valence-corrected chi connectivity index (χ2v) is 6.42. The molecule has 6 heteroatoms. The molecule has 148 valence electrons. The quantitative estimate of drug-likeness (QED) is 0.640. The Morgan fingerprint density at radius 2 is 1.54 bits per heavy atom. The van der Waals surface area contributed by atoms with Crippen molar-refractivity contribution in [2.45, 2.75) is 19.4 Å². The maximum Gasteiger partial charge on any atom is 0.234 e. The summed E-state index contributed by atoms with van der Waals surface area (Å²) in [5.74, 6) is 1.39. The van der Waals surface area contributed by atoms with Crippen LogP contribution in [0.3, 0.4) is 0 Å². The number of benzene rings is 2. The van der Waals surface area contributed by atoms with Gasteiger partial charge >= 0.3 is 0 Å². The van der Waals surface area contributed by atoms with Gasteiger partial charge in [0.15, 0.2) is 0 Å². The van der Waals surface area contributed by atoms with Crippen molar-refractivity contribution < 1.29 is 14.3 Å². The lowest BCUT2D eigenvalue weighted by Crippen LogP contribution is -2.39. The summed E-state index contributed by atoms with van der Waals surface area (Å²) < 4.78 is 10.5. The lowest BCUT2D eigenvalue weighted by atomic mass is 9.98. The van der Waals surface area contributed by atoms with E-state index in [9.17, 15) is 4.79 Å². The van der Waals surface area contributed by atoms with E-state index in [2.05, 4.69) is 11.4 Å². The molecule has 0 saturated heterocycles. The summed E-state index contributed by atoms with van der Waals surface area (Å²) >= 11 is 0. The van der Waals surface area contributed by atoms with E-state index < -0.39 is 0 Å². The first kappa shape index (κ1) is 21.3. The van der Waals surface area contributed by atoms with Crippen LogP contribution in [0.25, 0.3) is 0 Å². The first-order valence-electron chi connectivity index (χ1n) is 9.27. The summed E-state index contributed by atoms with van der Waals surface area (Å²) in [5.41, 5.74) is 1.89. The van der Waals surface area contributed by atoms with Crippen molar-refractivity contribution in [3.63, 3.8) is 0 Å². The van der Waals surface area contributed by atoms with Gasteiger partial charge in [0, 0.05) is 0 Å². The third-order valence-corrected chi connectivity index (χ3v) is 4.40. The van der Waals surface area contributed by atoms with Gasteiger partial charge in [-0.25, -0.2) is 0 Å². The lowest BCUT2D eigenvalue weighted by Gasteiger charge is -2.23. The lowest BCUT2D eigenvalue weighted by molar-refractivity contribution is -0.122. The summed E-state index contributed by atoms with van der Waals surface area (Å²) in [6, 6.07) is 17.0. The molecule has 0 bridgehead atoms. The highest BCUT2D eigenvalue weighted by Crippen LogP contribution is 2.26. The zero-order valence-electron chi connectivity index (χ0n) is 16.6. The Balaban J connectivity index is 2.24. The molecule has 0 unspecified atom stereocenters. The number of carbonyl (C=O) groups excluding carboxylic acids is 1. The second kappa shape index (κ2) is 11.0. The molecule has 2 rings (SSSR count). The summed E-state index contributed by atoms with van der Waals surface area (Å²) in [6.45, 7) is 3.15. The Bertz CT molecular complexity index is 735. The van der Waals surface area contributed by atoms with E-state index in [-0.39, 0.29) is 25.0 Å². The number of carbonyl (C=O) groups is 1. The zero-order valence-corrected chi connectivity index (χ0v) is 16.6. The molecule has 0 aromatic heterocycles. The van der Waals surface area contributed by atoms with Gasteiger partial charge in [-0.15, -0.1) is 0 Å². The van der Waals surface area contributed by atoms with Crippen LogP contribution in [0, 0.1) is 11.3 Å². The number of nitrogens with zero attached hydrogens (tertiary/aromatic N) is 2. The zero-order chi connectivity index (χ0) is 20.4. The maximum absolute atomic E-state index is 12.7. The molecule has 0 spiro atoms. The predicted molar refractivity (Wildman–Crippen MR) is 108 cm³/mol. The SMILES string of the molecule is CCCN(CC#N)CC(=O)NC(c1ccc(OC)cc1)c1ccc(OC)cc1. The number of methoxy groups -OCH3 is 2. The van der Waals surface area contributed by atoms with Crippen LogP contribution in [0.2, 0.25) is 0 Å². The van der Waals surface area contributed by atoms with E-state index in [4.69, 9.17) is 14.7 Å². The Labute approximate surface area is 166 Å². The minimum absolute atomic E-state index is 0.125. The monoisotopic (exact) mass is 381 g/mol. The van der Waals surface area contributed by atoms with Crippen molar-refractivity contribution in [3.8, 4) is 17.6 Å². The van der Waals surface area contributed by atoms with Crippen molar-refractivity contribution >= 4 is 5.91 Å². The van der Waals surface area contributed by atoms with Gasteiger partial charge in [0.05, 0.1) is 39.4 Å². The first-order chi connectivity index (χ1) is 13.6. The Morgan fingerprint density at radius 1 is 1.04 bits per heavy atom. The van der Waals surface area contributed by atoms with Crippen molar-refractivity contribution in [2.75, 3.05) is 33.9 Å². The number of ether oxygens (including phenoxy) is 2. The molecule has 2 aromatic rings. The average molecular weight is 381 g/mol. The first-order valence-corrected chi connectivity index (χ1v) is 9.27. The number of hydrogen-bond acceptors (Lipinski definition) is 5. The number of rotatable bonds is 10. The fourth-order valence-electron chi connectivity index (χ4n) is 2.99. The van der Waals surface area contributed by atoms with Gasteiger partial charge in [0.1, 0.15) is 11.5 Å². The minimum Gasteiger partial charge on any atom is -0.497 e. The molecule has 0 radical (unpaired) electrons. The molecule has 0 saturated carbocycles. The molecule has 0 atom stereocenters. The third kappa shape index (κ3) is 6.00. The molecule has 0 aliphatic heterocycles. The Morgan fingerprint density at radius 3 is 1.93 bits per heavy atom. The highest BCUT2D eigenvalue weighted by atomic mass is 16.5. The molecule has 6 nitrogen and oxygen atoms in total. The van der Waals surface area contributed by atoms with Crippen LogP contribution in [-0.2, 0) is 4.79 Å². The molecule has 2 aromatic carbocycles. The Hall–Kier alpha value is -3.04. The third-order valence-electron chi connectivity index (χ3n) is 4.40. The van der Waals surface area contributed by atoms with E-state index in [0.717, 1.165) is 29.0 Å². The van der Waals surface area contributed by atoms with Crippen molar-refractivity contribution in [1.29, 1.82) is 5.26 Å². The van der Waals surface area contributed by atoms with Gasteiger partial charge in [0.25, 0.3) is 0 Å². The molecule has 0 fully saturated rings.